The number of rotatable bonds is 1. The van der Waals surface area contributed by atoms with E-state index in [-0.39, 0.29) is 0 Å². The number of anilines is 2. The van der Waals surface area contributed by atoms with Crippen LogP contribution in [0.3, 0.4) is 0 Å². The van der Waals surface area contributed by atoms with Crippen LogP contribution in [0, 0.1) is 11.3 Å². The summed E-state index contributed by atoms with van der Waals surface area (Å²) >= 11 is 3.13. The molecule has 0 radical (unpaired) electrons. The fourth-order valence-corrected chi connectivity index (χ4v) is 3.71. The molecule has 0 bridgehead atoms. The predicted molar refractivity (Wildman–Crippen MR) is 70.3 cm³/mol. The lowest BCUT2D eigenvalue weighted by molar-refractivity contribution is 0.749. The molecule has 0 spiro atoms. The molecule has 0 saturated heterocycles. The van der Waals surface area contributed by atoms with Gasteiger partial charge in [0.05, 0.1) is 0 Å². The van der Waals surface area contributed by atoms with E-state index in [0.717, 1.165) is 24.5 Å². The predicted octanol–water partition coefficient (Wildman–Crippen LogP) is 2.22. The first-order chi connectivity index (χ1) is 8.29. The third kappa shape index (κ3) is 1.68. The molecule has 4 nitrogen and oxygen atoms in total. The lowest BCUT2D eigenvalue weighted by Crippen LogP contribution is -2.29. The Labute approximate surface area is 107 Å². The summed E-state index contributed by atoms with van der Waals surface area (Å²) in [7, 11) is 0. The van der Waals surface area contributed by atoms with E-state index in [1.807, 2.05) is 11.3 Å². The summed E-state index contributed by atoms with van der Waals surface area (Å²) in [4.78, 5) is 3.65. The molecular formula is C11H10N4S2. The van der Waals surface area contributed by atoms with Crippen LogP contribution in [-0.4, -0.2) is 10.9 Å². The van der Waals surface area contributed by atoms with Crippen LogP contribution in [0.5, 0.6) is 0 Å². The number of nitrogens with two attached hydrogens (primary N) is 1. The number of hydrogen-bond acceptors (Lipinski definition) is 6. The van der Waals surface area contributed by atoms with Crippen molar-refractivity contribution in [1.29, 1.82) is 5.26 Å². The number of nitriles is 1. The van der Waals surface area contributed by atoms with E-state index in [4.69, 9.17) is 11.0 Å². The van der Waals surface area contributed by atoms with Gasteiger partial charge in [-0.3, -0.25) is 0 Å². The second kappa shape index (κ2) is 4.02. The topological polar surface area (TPSA) is 65.9 Å². The lowest BCUT2D eigenvalue weighted by atomic mass is 10.1. The van der Waals surface area contributed by atoms with Crippen molar-refractivity contribution in [2.75, 3.05) is 17.2 Å². The molecule has 1 aliphatic rings. The maximum absolute atomic E-state index is 9.09. The Kier molecular flexibility index (Phi) is 2.50. The fraction of sp³-hybridized carbons (Fsp3) is 0.273. The van der Waals surface area contributed by atoms with E-state index in [0.29, 0.717) is 11.4 Å². The smallest absolute Gasteiger partial charge is 0.157 e. The van der Waals surface area contributed by atoms with E-state index < -0.39 is 0 Å². The first-order valence-corrected chi connectivity index (χ1v) is 6.90. The number of hydrogen-bond donors (Lipinski definition) is 1. The van der Waals surface area contributed by atoms with Crippen molar-refractivity contribution in [2.24, 2.45) is 0 Å². The zero-order valence-electron chi connectivity index (χ0n) is 9.01. The summed E-state index contributed by atoms with van der Waals surface area (Å²) in [5.41, 5.74) is 7.57. The zero-order valence-corrected chi connectivity index (χ0v) is 10.6. The van der Waals surface area contributed by atoms with Gasteiger partial charge in [-0.25, -0.2) is 0 Å². The monoisotopic (exact) mass is 262 g/mol. The highest BCUT2D eigenvalue weighted by atomic mass is 32.1. The Hall–Kier alpha value is -1.58. The SMILES string of the molecule is N#Cc1c(N)nsc1N1CCc2sccc2C1. The molecule has 0 atom stereocenters. The standard InChI is InChI=1S/C11H10N4S2/c12-5-8-10(13)14-17-11(8)15-3-1-9-7(6-15)2-4-16-9/h2,4H,1,3,6H2,(H2,13,14). The van der Waals surface area contributed by atoms with E-state index in [2.05, 4.69) is 26.8 Å². The Balaban J connectivity index is 1.95. The molecule has 6 heteroatoms. The van der Waals surface area contributed by atoms with Crippen molar-refractivity contribution in [3.8, 4) is 6.07 Å². The molecule has 0 saturated carbocycles. The molecule has 17 heavy (non-hydrogen) atoms. The Morgan fingerprint density at radius 2 is 2.41 bits per heavy atom. The van der Waals surface area contributed by atoms with E-state index in [1.165, 1.54) is 22.0 Å². The highest BCUT2D eigenvalue weighted by molar-refractivity contribution is 7.11. The van der Waals surface area contributed by atoms with Crippen LogP contribution in [0.2, 0.25) is 0 Å². The van der Waals surface area contributed by atoms with Gasteiger partial charge >= 0.3 is 0 Å². The van der Waals surface area contributed by atoms with Gasteiger partial charge in [-0.05, 0) is 35.0 Å². The molecule has 2 N–H and O–H groups in total. The molecule has 0 aliphatic carbocycles. The molecule has 0 amide bonds. The van der Waals surface area contributed by atoms with Crippen LogP contribution in [0.25, 0.3) is 0 Å². The van der Waals surface area contributed by atoms with Gasteiger partial charge in [-0.15, -0.1) is 11.3 Å². The third-order valence-electron chi connectivity index (χ3n) is 2.91. The average molecular weight is 262 g/mol. The van der Waals surface area contributed by atoms with Crippen LogP contribution in [0.4, 0.5) is 10.8 Å². The van der Waals surface area contributed by atoms with Gasteiger partial charge in [-0.1, -0.05) is 0 Å². The molecule has 3 heterocycles. The summed E-state index contributed by atoms with van der Waals surface area (Å²) in [5.74, 6) is 0.351. The largest absolute Gasteiger partial charge is 0.382 e. The van der Waals surface area contributed by atoms with Crippen LogP contribution >= 0.6 is 22.9 Å². The van der Waals surface area contributed by atoms with E-state index >= 15 is 0 Å². The first kappa shape index (κ1) is 10.6. The lowest BCUT2D eigenvalue weighted by Gasteiger charge is -2.27. The van der Waals surface area contributed by atoms with E-state index in [9.17, 15) is 0 Å². The minimum atomic E-state index is 0.351. The number of nitrogen functional groups attached to an aromatic ring is 1. The molecule has 0 unspecified atom stereocenters. The zero-order chi connectivity index (χ0) is 11.8. The normalized spacial score (nSPS) is 14.4. The van der Waals surface area contributed by atoms with Crippen molar-refractivity contribution >= 4 is 33.7 Å². The Morgan fingerprint density at radius 3 is 3.24 bits per heavy atom. The minimum absolute atomic E-state index is 0.351. The second-order valence-corrected chi connectivity index (χ2v) is 5.65. The first-order valence-electron chi connectivity index (χ1n) is 5.25. The maximum Gasteiger partial charge on any atom is 0.157 e. The molecule has 2 aromatic heterocycles. The van der Waals surface area contributed by atoms with Crippen molar-refractivity contribution in [3.05, 3.63) is 27.5 Å². The van der Waals surface area contributed by atoms with Gasteiger partial charge in [0.15, 0.2) is 5.82 Å². The number of thiophene rings is 1. The quantitative estimate of drug-likeness (QED) is 0.855. The third-order valence-corrected chi connectivity index (χ3v) is 4.85. The van der Waals surface area contributed by atoms with Crippen LogP contribution in [-0.2, 0) is 13.0 Å². The van der Waals surface area contributed by atoms with Crippen LogP contribution in [0.1, 0.15) is 16.0 Å². The summed E-state index contributed by atoms with van der Waals surface area (Å²) in [5, 5.41) is 12.1. The van der Waals surface area contributed by atoms with Crippen molar-refractivity contribution in [1.82, 2.24) is 4.37 Å². The van der Waals surface area contributed by atoms with Gasteiger partial charge in [0.2, 0.25) is 0 Å². The maximum atomic E-state index is 9.09. The summed E-state index contributed by atoms with van der Waals surface area (Å²) < 4.78 is 4.06. The second-order valence-electron chi connectivity index (χ2n) is 3.90. The number of nitrogens with zero attached hydrogens (tertiary/aromatic N) is 3. The minimum Gasteiger partial charge on any atom is -0.382 e. The highest BCUT2D eigenvalue weighted by Crippen LogP contribution is 2.34. The van der Waals surface area contributed by atoms with Gasteiger partial charge < -0.3 is 10.6 Å². The molecule has 0 fully saturated rings. The number of aromatic nitrogens is 1. The van der Waals surface area contributed by atoms with E-state index in [1.54, 1.807) is 0 Å². The molecule has 3 rings (SSSR count). The van der Waals surface area contributed by atoms with Crippen LogP contribution in [0.15, 0.2) is 11.4 Å². The Morgan fingerprint density at radius 1 is 1.53 bits per heavy atom. The van der Waals surface area contributed by atoms with Crippen LogP contribution < -0.4 is 10.6 Å². The fourth-order valence-electron chi connectivity index (χ4n) is 2.04. The molecule has 0 aromatic carbocycles. The molecule has 86 valence electrons. The van der Waals surface area contributed by atoms with Gasteiger partial charge in [-0.2, -0.15) is 9.64 Å². The summed E-state index contributed by atoms with van der Waals surface area (Å²) in [6.45, 7) is 1.79. The van der Waals surface area contributed by atoms with Gasteiger partial charge in [0, 0.05) is 18.0 Å². The van der Waals surface area contributed by atoms with Crippen molar-refractivity contribution < 1.29 is 0 Å². The molecule has 1 aliphatic heterocycles. The Bertz CT molecular complexity index is 593. The van der Waals surface area contributed by atoms with Crippen molar-refractivity contribution in [2.45, 2.75) is 13.0 Å². The molecular weight excluding hydrogens is 252 g/mol. The molecule has 2 aromatic rings. The highest BCUT2D eigenvalue weighted by Gasteiger charge is 2.22. The van der Waals surface area contributed by atoms with Crippen molar-refractivity contribution in [3.63, 3.8) is 0 Å². The van der Waals surface area contributed by atoms with Gasteiger partial charge in [0.25, 0.3) is 0 Å². The average Bonchev–Trinajstić information content (AvgIpc) is 2.93. The summed E-state index contributed by atoms with van der Waals surface area (Å²) in [6, 6.07) is 4.30. The van der Waals surface area contributed by atoms with Gasteiger partial charge in [0.1, 0.15) is 16.6 Å². The number of fused-ring (bicyclic) bond motifs is 1. The summed E-state index contributed by atoms with van der Waals surface area (Å²) in [6.07, 6.45) is 1.04.